The number of rotatable bonds is 8. The van der Waals surface area contributed by atoms with Gasteiger partial charge in [0.05, 0.1) is 11.1 Å². The Morgan fingerprint density at radius 2 is 0.824 bits per heavy atom. The zero-order chi connectivity index (χ0) is 25.2. The lowest BCUT2D eigenvalue weighted by atomic mass is 9.89. The summed E-state index contributed by atoms with van der Waals surface area (Å²) in [6.07, 6.45) is 0. The summed E-state index contributed by atoms with van der Waals surface area (Å²) in [6.45, 7) is 0. The largest absolute Gasteiger partial charge is 0.478 e. The minimum atomic E-state index is -1.47. The van der Waals surface area contributed by atoms with Crippen molar-refractivity contribution < 1.29 is 29.4 Å². The van der Waals surface area contributed by atoms with Crippen molar-refractivity contribution in [3.05, 3.63) is 94.0 Å². The third-order valence-electron chi connectivity index (χ3n) is 5.40. The number of anilines is 2. The number of benzene rings is 3. The van der Waals surface area contributed by atoms with Gasteiger partial charge in [-0.2, -0.15) is 0 Å². The zero-order valence-corrected chi connectivity index (χ0v) is 19.2. The first-order chi connectivity index (χ1) is 16.0. The van der Waals surface area contributed by atoms with Crippen molar-refractivity contribution in [3.63, 3.8) is 0 Å². The van der Waals surface area contributed by atoms with Gasteiger partial charge in [0.25, 0.3) is 0 Å². The van der Waals surface area contributed by atoms with E-state index in [9.17, 15) is 29.4 Å². The molecule has 3 rings (SSSR count). The highest BCUT2D eigenvalue weighted by molar-refractivity contribution is 6.20. The lowest BCUT2D eigenvalue weighted by Crippen LogP contribution is -2.17. The molecule has 0 aliphatic heterocycles. The molecule has 8 nitrogen and oxygen atoms in total. The van der Waals surface area contributed by atoms with Gasteiger partial charge in [-0.3, -0.25) is 9.59 Å². The average molecular weight is 460 g/mol. The number of hydrogen-bond donors (Lipinski definition) is 2. The number of aromatic carboxylic acids is 2. The number of carbonyl (C=O) groups is 4. The van der Waals surface area contributed by atoms with E-state index >= 15 is 0 Å². The second kappa shape index (κ2) is 9.58. The van der Waals surface area contributed by atoms with Gasteiger partial charge in [-0.15, -0.1) is 0 Å². The van der Waals surface area contributed by atoms with Gasteiger partial charge in [0.1, 0.15) is 0 Å². The molecule has 34 heavy (non-hydrogen) atoms. The van der Waals surface area contributed by atoms with E-state index in [-0.39, 0.29) is 22.3 Å². The smallest absolute Gasteiger partial charge is 0.336 e. The van der Waals surface area contributed by atoms with Gasteiger partial charge in [-0.25, -0.2) is 9.59 Å². The summed E-state index contributed by atoms with van der Waals surface area (Å²) in [6, 6.07) is 15.0. The number of ketones is 2. The summed E-state index contributed by atoms with van der Waals surface area (Å²) in [4.78, 5) is 53.9. The molecule has 8 heteroatoms. The fourth-order valence-electron chi connectivity index (χ4n) is 3.46. The molecule has 0 amide bonds. The van der Waals surface area contributed by atoms with Gasteiger partial charge in [0.2, 0.25) is 0 Å². The number of carboxylic acid groups (broad SMARTS) is 2. The second-order valence-electron chi connectivity index (χ2n) is 8.09. The maximum atomic E-state index is 13.2. The predicted molar refractivity (Wildman–Crippen MR) is 129 cm³/mol. The van der Waals surface area contributed by atoms with Gasteiger partial charge in [0.15, 0.2) is 11.6 Å². The first-order valence-electron chi connectivity index (χ1n) is 10.3. The Morgan fingerprint density at radius 3 is 1.09 bits per heavy atom. The normalized spacial score (nSPS) is 10.5. The van der Waals surface area contributed by atoms with Gasteiger partial charge in [-0.1, -0.05) is 0 Å². The Hall–Kier alpha value is -4.46. The molecule has 0 heterocycles. The Bertz CT molecular complexity index is 1180. The van der Waals surface area contributed by atoms with Crippen LogP contribution >= 0.6 is 0 Å². The molecule has 2 N–H and O–H groups in total. The summed E-state index contributed by atoms with van der Waals surface area (Å²) >= 11 is 0. The number of carbonyl (C=O) groups excluding carboxylic acids is 2. The van der Waals surface area contributed by atoms with Crippen LogP contribution in [0.2, 0.25) is 0 Å². The van der Waals surface area contributed by atoms with E-state index in [0.29, 0.717) is 0 Å². The van der Waals surface area contributed by atoms with Crippen molar-refractivity contribution in [2.75, 3.05) is 38.0 Å². The molecule has 0 aliphatic carbocycles. The van der Waals surface area contributed by atoms with Crippen LogP contribution in [0.1, 0.15) is 52.6 Å². The number of carboxylic acids is 2. The standard InChI is InChI=1S/C26H24N2O6/c1-27(2)17-9-5-15(6-10-17)23(29)19-13-20(22(26(33)34)14-21(19)25(31)32)24(30)16-7-11-18(12-8-16)28(3)4/h5-14H,1-4H3,(H,31,32)(H,33,34). The van der Waals surface area contributed by atoms with Crippen LogP contribution in [0, 0.1) is 0 Å². The van der Waals surface area contributed by atoms with Crippen LogP contribution in [0.25, 0.3) is 0 Å². The molecule has 0 fully saturated rings. The third kappa shape index (κ3) is 4.80. The highest BCUT2D eigenvalue weighted by Crippen LogP contribution is 2.25. The molecule has 3 aromatic rings. The van der Waals surface area contributed by atoms with Gasteiger partial charge in [0, 0.05) is 61.8 Å². The van der Waals surface area contributed by atoms with Crippen molar-refractivity contribution >= 4 is 34.9 Å². The summed E-state index contributed by atoms with van der Waals surface area (Å²) in [7, 11) is 7.36. The summed E-state index contributed by atoms with van der Waals surface area (Å²) in [5, 5.41) is 19.3. The van der Waals surface area contributed by atoms with E-state index in [1.807, 2.05) is 38.0 Å². The topological polar surface area (TPSA) is 115 Å². The molecule has 0 atom stereocenters. The van der Waals surface area contributed by atoms with Crippen molar-refractivity contribution in [1.82, 2.24) is 0 Å². The SMILES string of the molecule is CN(C)c1ccc(C(=O)c2cc(C(=O)c3ccc(N(C)C)cc3)c(C(=O)O)cc2C(=O)O)cc1. The van der Waals surface area contributed by atoms with Gasteiger partial charge < -0.3 is 20.0 Å². The minimum Gasteiger partial charge on any atom is -0.478 e. The maximum absolute atomic E-state index is 13.2. The fraction of sp³-hybridized carbons (Fsp3) is 0.154. The molecular weight excluding hydrogens is 436 g/mol. The summed E-state index contributed by atoms with van der Waals surface area (Å²) in [5.74, 6) is -4.19. The van der Waals surface area contributed by atoms with Gasteiger partial charge in [-0.05, 0) is 60.7 Å². The van der Waals surface area contributed by atoms with Gasteiger partial charge >= 0.3 is 11.9 Å². The molecule has 0 spiro atoms. The van der Waals surface area contributed by atoms with Crippen molar-refractivity contribution in [1.29, 1.82) is 0 Å². The third-order valence-corrected chi connectivity index (χ3v) is 5.40. The average Bonchev–Trinajstić information content (AvgIpc) is 2.82. The quantitative estimate of drug-likeness (QED) is 0.489. The van der Waals surface area contributed by atoms with Crippen LogP contribution in [-0.4, -0.2) is 61.9 Å². The van der Waals surface area contributed by atoms with Crippen LogP contribution in [0.15, 0.2) is 60.7 Å². The molecule has 0 aliphatic rings. The summed E-state index contributed by atoms with van der Waals surface area (Å²) in [5.41, 5.74) is 0.611. The monoisotopic (exact) mass is 460 g/mol. The Balaban J connectivity index is 2.15. The van der Waals surface area contributed by atoms with Crippen LogP contribution in [0.4, 0.5) is 11.4 Å². The van der Waals surface area contributed by atoms with Crippen LogP contribution in [0.3, 0.4) is 0 Å². The van der Waals surface area contributed by atoms with E-state index in [0.717, 1.165) is 23.5 Å². The molecular formula is C26H24N2O6. The molecule has 174 valence electrons. The summed E-state index contributed by atoms with van der Waals surface area (Å²) < 4.78 is 0. The molecule has 0 aromatic heterocycles. The molecule has 0 radical (unpaired) electrons. The number of nitrogens with zero attached hydrogens (tertiary/aromatic N) is 2. The minimum absolute atomic E-state index is 0.213. The van der Waals surface area contributed by atoms with Crippen molar-refractivity contribution in [3.8, 4) is 0 Å². The lowest BCUT2D eigenvalue weighted by molar-refractivity contribution is 0.0690. The second-order valence-corrected chi connectivity index (χ2v) is 8.09. The van der Waals surface area contributed by atoms with Crippen molar-refractivity contribution in [2.24, 2.45) is 0 Å². The molecule has 0 saturated carbocycles. The first-order valence-corrected chi connectivity index (χ1v) is 10.3. The predicted octanol–water partition coefficient (Wildman–Crippen LogP) is 3.68. The fourth-order valence-corrected chi connectivity index (χ4v) is 3.46. The first kappa shape index (κ1) is 24.2. The Labute approximate surface area is 196 Å². The van der Waals surface area contributed by atoms with Crippen LogP contribution < -0.4 is 9.80 Å². The van der Waals surface area contributed by atoms with E-state index < -0.39 is 34.6 Å². The zero-order valence-electron chi connectivity index (χ0n) is 19.2. The van der Waals surface area contributed by atoms with E-state index in [1.54, 1.807) is 48.5 Å². The van der Waals surface area contributed by atoms with Crippen LogP contribution in [-0.2, 0) is 0 Å². The molecule has 0 unspecified atom stereocenters. The Morgan fingerprint density at radius 1 is 0.529 bits per heavy atom. The molecule has 3 aromatic carbocycles. The highest BCUT2D eigenvalue weighted by atomic mass is 16.4. The lowest BCUT2D eigenvalue weighted by Gasteiger charge is -2.15. The molecule has 0 bridgehead atoms. The maximum Gasteiger partial charge on any atom is 0.336 e. The van der Waals surface area contributed by atoms with Crippen molar-refractivity contribution in [2.45, 2.75) is 0 Å². The number of hydrogen-bond acceptors (Lipinski definition) is 6. The van der Waals surface area contributed by atoms with E-state index in [1.165, 1.54) is 0 Å². The Kier molecular flexibility index (Phi) is 6.81. The van der Waals surface area contributed by atoms with Crippen LogP contribution in [0.5, 0.6) is 0 Å². The van der Waals surface area contributed by atoms with E-state index in [2.05, 4.69) is 0 Å². The molecule has 0 saturated heterocycles. The highest BCUT2D eigenvalue weighted by Gasteiger charge is 2.26. The van der Waals surface area contributed by atoms with E-state index in [4.69, 9.17) is 0 Å².